The van der Waals surface area contributed by atoms with Gasteiger partial charge in [-0.3, -0.25) is 14.9 Å². The van der Waals surface area contributed by atoms with E-state index < -0.39 is 15.4 Å². The second-order valence-electron chi connectivity index (χ2n) is 5.78. The number of alkyl halides is 1. The summed E-state index contributed by atoms with van der Waals surface area (Å²) in [5, 5.41) is 14.2. The van der Waals surface area contributed by atoms with Gasteiger partial charge in [-0.05, 0) is 11.6 Å². The molecular formula is C17H19BrN2O4. The van der Waals surface area contributed by atoms with Crippen molar-refractivity contribution in [1.29, 1.82) is 0 Å². The Morgan fingerprint density at radius 3 is 2.67 bits per heavy atom. The van der Waals surface area contributed by atoms with Crippen molar-refractivity contribution in [3.05, 3.63) is 70.0 Å². The number of carbonyl (C=O) groups is 1. The van der Waals surface area contributed by atoms with E-state index in [2.05, 4.69) is 21.2 Å². The minimum absolute atomic E-state index is 0.259. The van der Waals surface area contributed by atoms with E-state index in [0.717, 1.165) is 5.56 Å². The lowest BCUT2D eigenvalue weighted by Gasteiger charge is -2.31. The minimum atomic E-state index is -1.64. The Hall–Kier alpha value is -2.15. The summed E-state index contributed by atoms with van der Waals surface area (Å²) in [6, 6.07) is 8.53. The third-order valence-electron chi connectivity index (χ3n) is 3.62. The van der Waals surface area contributed by atoms with Crippen LogP contribution in [-0.2, 0) is 16.1 Å². The van der Waals surface area contributed by atoms with Gasteiger partial charge in [-0.2, -0.15) is 0 Å². The first kappa shape index (κ1) is 18.2. The van der Waals surface area contributed by atoms with Gasteiger partial charge in [-0.1, -0.05) is 50.3 Å². The highest BCUT2D eigenvalue weighted by Crippen LogP contribution is 2.33. The van der Waals surface area contributed by atoms with E-state index in [-0.39, 0.29) is 18.4 Å². The van der Waals surface area contributed by atoms with Crippen molar-refractivity contribution in [1.82, 2.24) is 5.32 Å². The summed E-state index contributed by atoms with van der Waals surface area (Å²) < 4.78 is 4.13. The van der Waals surface area contributed by atoms with Gasteiger partial charge in [-0.25, -0.2) is 0 Å². The van der Waals surface area contributed by atoms with Crippen LogP contribution in [0.15, 0.2) is 54.3 Å². The van der Waals surface area contributed by atoms with Crippen LogP contribution in [0, 0.1) is 16.0 Å². The van der Waals surface area contributed by atoms with Crippen LogP contribution in [-0.4, -0.2) is 21.3 Å². The molecule has 128 valence electrons. The van der Waals surface area contributed by atoms with Gasteiger partial charge in [0.15, 0.2) is 6.04 Å². The summed E-state index contributed by atoms with van der Waals surface area (Å²) in [5.41, 5.74) is 0.933. The third-order valence-corrected chi connectivity index (χ3v) is 4.63. The molecule has 0 saturated carbocycles. The molecule has 0 bridgehead atoms. The second kappa shape index (κ2) is 7.61. The van der Waals surface area contributed by atoms with Crippen molar-refractivity contribution < 1.29 is 14.5 Å². The predicted molar refractivity (Wildman–Crippen MR) is 93.9 cm³/mol. The maximum Gasteiger partial charge on any atom is 0.320 e. The monoisotopic (exact) mass is 394 g/mol. The van der Waals surface area contributed by atoms with E-state index in [1.807, 2.05) is 30.3 Å². The number of nitro groups is 1. The Morgan fingerprint density at radius 2 is 2.08 bits per heavy atom. The molecule has 0 saturated heterocycles. The van der Waals surface area contributed by atoms with Crippen molar-refractivity contribution in [2.75, 3.05) is 0 Å². The van der Waals surface area contributed by atoms with Crippen LogP contribution in [0.1, 0.15) is 19.4 Å². The van der Waals surface area contributed by atoms with Gasteiger partial charge in [0.25, 0.3) is 0 Å². The van der Waals surface area contributed by atoms with Crippen LogP contribution in [0.4, 0.5) is 0 Å². The number of hydrogen-bond acceptors (Lipinski definition) is 4. The first-order valence-corrected chi connectivity index (χ1v) is 8.34. The zero-order valence-corrected chi connectivity index (χ0v) is 15.0. The summed E-state index contributed by atoms with van der Waals surface area (Å²) in [6.07, 6.45) is 4.58. The van der Waals surface area contributed by atoms with Crippen molar-refractivity contribution in [3.8, 4) is 0 Å². The van der Waals surface area contributed by atoms with E-state index in [1.165, 1.54) is 6.08 Å². The molecule has 2 atom stereocenters. The van der Waals surface area contributed by atoms with Crippen LogP contribution in [0.25, 0.3) is 0 Å². The summed E-state index contributed by atoms with van der Waals surface area (Å²) in [4.78, 5) is 23.1. The zero-order chi connectivity index (χ0) is 17.7. The lowest BCUT2D eigenvalue weighted by atomic mass is 10.00. The molecule has 1 aromatic rings. The summed E-state index contributed by atoms with van der Waals surface area (Å²) in [6.45, 7) is 3.71. The average Bonchev–Trinajstić information content (AvgIpc) is 2.56. The first-order chi connectivity index (χ1) is 11.3. The fraction of sp³-hybridized carbons (Fsp3) is 0.353. The largest absolute Gasteiger partial charge is 0.491 e. The van der Waals surface area contributed by atoms with Gasteiger partial charge in [-0.15, -0.1) is 0 Å². The summed E-state index contributed by atoms with van der Waals surface area (Å²) in [7, 11) is 0. The summed E-state index contributed by atoms with van der Waals surface area (Å²) in [5.74, 6) is -0.242. The van der Waals surface area contributed by atoms with E-state index in [9.17, 15) is 14.9 Å². The Morgan fingerprint density at radius 1 is 1.42 bits per heavy atom. The van der Waals surface area contributed by atoms with Gasteiger partial charge >= 0.3 is 4.45 Å². The molecular weight excluding hydrogens is 376 g/mol. The first-order valence-electron chi connectivity index (χ1n) is 7.54. The number of ether oxygens (including phenoxy) is 1. The molecule has 24 heavy (non-hydrogen) atoms. The molecule has 0 spiro atoms. The quantitative estimate of drug-likeness (QED) is 0.347. The molecule has 1 aliphatic rings. The molecule has 0 radical (unpaired) electrons. The minimum Gasteiger partial charge on any atom is -0.491 e. The van der Waals surface area contributed by atoms with Crippen LogP contribution in [0.3, 0.4) is 0 Å². The molecule has 1 N–H and O–H groups in total. The highest BCUT2D eigenvalue weighted by atomic mass is 79.9. The molecule has 1 aromatic carbocycles. The Bertz CT molecular complexity index is 672. The van der Waals surface area contributed by atoms with Crippen molar-refractivity contribution in [3.63, 3.8) is 0 Å². The number of hydrogen-bond donors (Lipinski definition) is 1. The van der Waals surface area contributed by atoms with Crippen LogP contribution in [0.5, 0.6) is 0 Å². The second-order valence-corrected chi connectivity index (χ2v) is 7.05. The van der Waals surface area contributed by atoms with Crippen LogP contribution >= 0.6 is 15.9 Å². The van der Waals surface area contributed by atoms with Gasteiger partial charge < -0.3 is 10.1 Å². The number of carbonyl (C=O) groups excluding carboxylic acids is 1. The summed E-state index contributed by atoms with van der Waals surface area (Å²) >= 11 is 3.15. The zero-order valence-electron chi connectivity index (χ0n) is 13.4. The van der Waals surface area contributed by atoms with E-state index >= 15 is 0 Å². The van der Waals surface area contributed by atoms with Crippen LogP contribution < -0.4 is 5.32 Å². The van der Waals surface area contributed by atoms with Gasteiger partial charge in [0.1, 0.15) is 12.4 Å². The number of amides is 1. The number of rotatable bonds is 6. The molecule has 2 unspecified atom stereocenters. The maximum atomic E-state index is 12.1. The molecule has 1 aliphatic carbocycles. The van der Waals surface area contributed by atoms with E-state index in [0.29, 0.717) is 5.76 Å². The van der Waals surface area contributed by atoms with E-state index in [1.54, 1.807) is 26.0 Å². The van der Waals surface area contributed by atoms with Crippen molar-refractivity contribution >= 4 is 21.8 Å². The number of halogens is 1. The number of allylic oxidation sites excluding steroid dienone is 2. The molecule has 0 aromatic heterocycles. The molecule has 0 fully saturated rings. The van der Waals surface area contributed by atoms with Crippen molar-refractivity contribution in [2.24, 2.45) is 5.92 Å². The Kier molecular flexibility index (Phi) is 5.77. The standard InChI is InChI=1S/C17H19BrN2O4/c1-12(2)16(21)19-15-14(9-6-10-17(15,18)20(22)23)24-11-13-7-4-3-5-8-13/h3-10,12,15H,11H2,1-2H3,(H,19,21). The Balaban J connectivity index is 2.22. The van der Waals surface area contributed by atoms with Crippen molar-refractivity contribution in [2.45, 2.75) is 30.9 Å². The van der Waals surface area contributed by atoms with E-state index in [4.69, 9.17) is 4.74 Å². The molecule has 1 amide bonds. The van der Waals surface area contributed by atoms with Gasteiger partial charge in [0.05, 0.1) is 0 Å². The number of nitrogens with one attached hydrogen (secondary N) is 1. The SMILES string of the molecule is CC(C)C(=O)NC1C(OCc2ccccc2)=CC=CC1(Br)[N+](=O)[O-]. The topological polar surface area (TPSA) is 81.5 Å². The number of benzene rings is 1. The molecule has 2 rings (SSSR count). The third kappa shape index (κ3) is 4.03. The molecule has 0 heterocycles. The highest BCUT2D eigenvalue weighted by molar-refractivity contribution is 9.10. The smallest absolute Gasteiger partial charge is 0.320 e. The normalized spacial score (nSPS) is 22.8. The fourth-order valence-electron chi connectivity index (χ4n) is 2.19. The van der Waals surface area contributed by atoms with Gasteiger partial charge in [0.2, 0.25) is 5.91 Å². The fourth-order valence-corrected chi connectivity index (χ4v) is 2.68. The number of nitrogens with zero attached hydrogens (tertiary/aromatic N) is 1. The average molecular weight is 395 g/mol. The molecule has 7 heteroatoms. The Labute approximate surface area is 148 Å². The molecule has 0 aliphatic heterocycles. The maximum absolute atomic E-state index is 12.1. The predicted octanol–water partition coefficient (Wildman–Crippen LogP) is 3.17. The lowest BCUT2D eigenvalue weighted by molar-refractivity contribution is -0.525. The van der Waals surface area contributed by atoms with Gasteiger partial charge in [0, 0.05) is 32.8 Å². The van der Waals surface area contributed by atoms with Crippen LogP contribution in [0.2, 0.25) is 0 Å². The lowest BCUT2D eigenvalue weighted by Crippen LogP contribution is -2.55. The molecule has 6 nitrogen and oxygen atoms in total. The highest BCUT2D eigenvalue weighted by Gasteiger charge is 2.51.